The van der Waals surface area contributed by atoms with Gasteiger partial charge in [0, 0.05) is 15.4 Å². The fraction of sp³-hybridized carbons (Fsp3) is 0.286. The molecule has 0 aliphatic carbocycles. The minimum Gasteiger partial charge on any atom is -0.240 e. The van der Waals surface area contributed by atoms with Crippen molar-refractivity contribution in [2.45, 2.75) is 19.8 Å². The van der Waals surface area contributed by atoms with E-state index < -0.39 is 0 Å². The molecular formula is C14H12BrFN2S. The second-order valence-corrected chi connectivity index (χ2v) is 6.35. The van der Waals surface area contributed by atoms with Crippen molar-refractivity contribution < 1.29 is 4.39 Å². The smallest absolute Gasteiger partial charge is 0.132 e. The predicted molar refractivity (Wildman–Crippen MR) is 78.4 cm³/mol. The van der Waals surface area contributed by atoms with Crippen LogP contribution in [0.4, 0.5) is 4.39 Å². The average molecular weight is 339 g/mol. The van der Waals surface area contributed by atoms with E-state index in [1.807, 2.05) is 13.8 Å². The molecule has 0 N–H and O–H groups in total. The number of rotatable bonds is 3. The zero-order valence-corrected chi connectivity index (χ0v) is 12.9. The third kappa shape index (κ3) is 3.02. The van der Waals surface area contributed by atoms with Gasteiger partial charge >= 0.3 is 0 Å². The first-order valence-corrected chi connectivity index (χ1v) is 7.50. The van der Waals surface area contributed by atoms with Gasteiger partial charge in [-0.3, -0.25) is 0 Å². The van der Waals surface area contributed by atoms with E-state index in [0.29, 0.717) is 11.3 Å². The second-order valence-electron chi connectivity index (χ2n) is 4.55. The molecule has 0 saturated heterocycles. The number of aromatic nitrogens is 1. The van der Waals surface area contributed by atoms with Gasteiger partial charge in [0.05, 0.1) is 11.8 Å². The number of hydrogen-bond acceptors (Lipinski definition) is 3. The van der Waals surface area contributed by atoms with Crippen molar-refractivity contribution in [3.8, 4) is 17.3 Å². The van der Waals surface area contributed by atoms with Crippen LogP contribution >= 0.6 is 27.3 Å². The zero-order chi connectivity index (χ0) is 14.0. The van der Waals surface area contributed by atoms with Crippen molar-refractivity contribution in [1.29, 1.82) is 5.26 Å². The molecule has 98 valence electrons. The molecule has 2 rings (SSSR count). The molecule has 1 unspecified atom stereocenters. The zero-order valence-electron chi connectivity index (χ0n) is 10.5. The van der Waals surface area contributed by atoms with E-state index in [4.69, 9.17) is 5.26 Å². The van der Waals surface area contributed by atoms with E-state index in [2.05, 4.69) is 27.0 Å². The fourth-order valence-corrected chi connectivity index (χ4v) is 3.13. The maximum Gasteiger partial charge on any atom is 0.132 e. The molecule has 0 radical (unpaired) electrons. The van der Waals surface area contributed by atoms with Gasteiger partial charge in [-0.1, -0.05) is 29.8 Å². The minimum atomic E-state index is -0.307. The van der Waals surface area contributed by atoms with Crippen LogP contribution in [0.2, 0.25) is 0 Å². The molecule has 2 aromatic rings. The molecule has 5 heteroatoms. The van der Waals surface area contributed by atoms with Crippen LogP contribution in [-0.4, -0.2) is 4.98 Å². The monoisotopic (exact) mass is 338 g/mol. The van der Waals surface area contributed by atoms with Gasteiger partial charge in [0.1, 0.15) is 16.7 Å². The van der Waals surface area contributed by atoms with Crippen molar-refractivity contribution in [1.82, 2.24) is 4.98 Å². The lowest BCUT2D eigenvalue weighted by Gasteiger charge is -2.08. The molecule has 0 saturated carbocycles. The highest BCUT2D eigenvalue weighted by atomic mass is 79.9. The van der Waals surface area contributed by atoms with Gasteiger partial charge < -0.3 is 0 Å². The Hall–Kier alpha value is -1.25. The van der Waals surface area contributed by atoms with Crippen LogP contribution in [0.1, 0.15) is 24.8 Å². The summed E-state index contributed by atoms with van der Waals surface area (Å²) in [5, 5.41) is 11.7. The number of benzene rings is 1. The van der Waals surface area contributed by atoms with E-state index in [9.17, 15) is 4.39 Å². The Labute approximate surface area is 124 Å². The van der Waals surface area contributed by atoms with E-state index in [-0.39, 0.29) is 17.7 Å². The fourth-order valence-electron chi connectivity index (χ4n) is 1.74. The number of hydrogen-bond donors (Lipinski definition) is 0. The second kappa shape index (κ2) is 5.81. The Kier molecular flexibility index (Phi) is 4.33. The summed E-state index contributed by atoms with van der Waals surface area (Å²) in [5.41, 5.74) is 1.04. The third-order valence-electron chi connectivity index (χ3n) is 2.80. The topological polar surface area (TPSA) is 36.7 Å². The lowest BCUT2D eigenvalue weighted by molar-refractivity contribution is 0.584. The number of nitriles is 1. The summed E-state index contributed by atoms with van der Waals surface area (Å²) in [5.74, 6) is -0.358. The summed E-state index contributed by atoms with van der Waals surface area (Å²) in [6.45, 7) is 3.96. The van der Waals surface area contributed by atoms with Gasteiger partial charge in [-0.15, -0.1) is 11.3 Å². The summed E-state index contributed by atoms with van der Waals surface area (Å²) in [4.78, 5) is 4.41. The minimum absolute atomic E-state index is 0.191. The molecule has 19 heavy (non-hydrogen) atoms. The van der Waals surface area contributed by atoms with Crippen molar-refractivity contribution in [3.63, 3.8) is 0 Å². The highest BCUT2D eigenvalue weighted by Crippen LogP contribution is 2.32. The van der Waals surface area contributed by atoms with E-state index in [1.54, 1.807) is 17.5 Å². The van der Waals surface area contributed by atoms with Crippen molar-refractivity contribution in [2.75, 3.05) is 0 Å². The number of thiazole rings is 1. The highest BCUT2D eigenvalue weighted by Gasteiger charge is 2.20. The molecule has 2 nitrogen and oxygen atoms in total. The van der Waals surface area contributed by atoms with Crippen LogP contribution in [0, 0.1) is 23.1 Å². The third-order valence-corrected chi connectivity index (χ3v) is 4.22. The summed E-state index contributed by atoms with van der Waals surface area (Å²) in [7, 11) is 0. The van der Waals surface area contributed by atoms with E-state index >= 15 is 0 Å². The SMILES string of the molecule is CC(C)C(C#N)c1nc(-c2cc(Br)ccc2F)cs1. The van der Waals surface area contributed by atoms with E-state index in [0.717, 1.165) is 9.48 Å². The van der Waals surface area contributed by atoms with Crippen LogP contribution in [-0.2, 0) is 0 Å². The lowest BCUT2D eigenvalue weighted by atomic mass is 9.98. The lowest BCUT2D eigenvalue weighted by Crippen LogP contribution is -2.03. The molecule has 0 aliphatic rings. The van der Waals surface area contributed by atoms with E-state index in [1.165, 1.54) is 17.4 Å². The van der Waals surface area contributed by atoms with Crippen LogP contribution in [0.3, 0.4) is 0 Å². The van der Waals surface area contributed by atoms with Crippen LogP contribution in [0.5, 0.6) is 0 Å². The first-order valence-electron chi connectivity index (χ1n) is 5.83. The molecule has 0 spiro atoms. The maximum absolute atomic E-state index is 13.8. The molecule has 0 aliphatic heterocycles. The van der Waals surface area contributed by atoms with Gasteiger partial charge in [0.2, 0.25) is 0 Å². The molecule has 1 heterocycles. The predicted octanol–water partition coefficient (Wildman–Crippen LogP) is 4.97. The Morgan fingerprint density at radius 2 is 2.16 bits per heavy atom. The normalized spacial score (nSPS) is 12.4. The highest BCUT2D eigenvalue weighted by molar-refractivity contribution is 9.10. The molecule has 0 bridgehead atoms. The maximum atomic E-state index is 13.8. The van der Waals surface area contributed by atoms with Gasteiger partial charge in [-0.25, -0.2) is 9.37 Å². The quantitative estimate of drug-likeness (QED) is 0.791. The molecule has 0 fully saturated rings. The summed E-state index contributed by atoms with van der Waals surface area (Å²) >= 11 is 4.73. The van der Waals surface area contributed by atoms with Gasteiger partial charge in [0.15, 0.2) is 0 Å². The molecule has 1 aromatic heterocycles. The first kappa shape index (κ1) is 14.2. The van der Waals surface area contributed by atoms with Crippen molar-refractivity contribution >= 4 is 27.3 Å². The largest absolute Gasteiger partial charge is 0.240 e. The Bertz CT molecular complexity index is 631. The standard InChI is InChI=1S/C14H12BrFN2S/c1-8(2)11(6-17)14-18-13(7-19-14)10-5-9(15)3-4-12(10)16/h3-5,7-8,11H,1-2H3. The summed E-state index contributed by atoms with van der Waals surface area (Å²) < 4.78 is 14.6. The molecule has 1 aromatic carbocycles. The van der Waals surface area contributed by atoms with Gasteiger partial charge in [-0.05, 0) is 24.1 Å². The molecule has 1 atom stereocenters. The van der Waals surface area contributed by atoms with Crippen LogP contribution < -0.4 is 0 Å². The summed E-state index contributed by atoms with van der Waals surface area (Å²) in [6.07, 6.45) is 0. The number of nitrogens with zero attached hydrogens (tertiary/aromatic N) is 2. The molecule has 0 amide bonds. The van der Waals surface area contributed by atoms with Gasteiger partial charge in [0.25, 0.3) is 0 Å². The summed E-state index contributed by atoms with van der Waals surface area (Å²) in [6, 6.07) is 7.01. The Balaban J connectivity index is 2.41. The van der Waals surface area contributed by atoms with Crippen LogP contribution in [0.25, 0.3) is 11.3 Å². The Morgan fingerprint density at radius 1 is 1.42 bits per heavy atom. The molecular weight excluding hydrogens is 327 g/mol. The van der Waals surface area contributed by atoms with Crippen LogP contribution in [0.15, 0.2) is 28.1 Å². The average Bonchev–Trinajstić information content (AvgIpc) is 2.82. The number of halogens is 2. The van der Waals surface area contributed by atoms with Gasteiger partial charge in [-0.2, -0.15) is 5.26 Å². The first-order chi connectivity index (χ1) is 9.02. The Morgan fingerprint density at radius 3 is 2.79 bits per heavy atom. The van der Waals surface area contributed by atoms with Crippen molar-refractivity contribution in [3.05, 3.63) is 38.9 Å². The van der Waals surface area contributed by atoms with Crippen molar-refractivity contribution in [2.24, 2.45) is 5.92 Å².